The highest BCUT2D eigenvalue weighted by molar-refractivity contribution is 8.00. The standard InChI is InChI=1S/C57H90N8O12S2/c1-15-18-39(60-53(73)42-33-79-54(62-42)46(76-13)31-43(34(3)4)64(12)55(74)40(35(5)16-2)30-48(68)57(8,9)63(10)11)28-38-20-21-44(66)41(29-38)61-52(72)36(6)27-45(67)37(7)59-50(70)22-25-77-26-23-58-49(69)19-17-24-65-51(71)32-47(78-14)56(65)75/h20-21,29,33-37,39-40,43,46-47,66H,15-19,22-28,30-32H2,1-14H3,(H,58,69)(H,59,70)(H,60,73)(H,61,72)/t35-,36+,37-,39+,40-,43+,46+,47?/m0/s1/i12D3,13D3. The summed E-state index contributed by atoms with van der Waals surface area (Å²) in [5, 5.41) is 22.8. The Morgan fingerprint density at radius 3 is 2.34 bits per heavy atom. The topological polar surface area (TPSA) is 263 Å². The van der Waals surface area contributed by atoms with Gasteiger partial charge in [0.1, 0.15) is 22.6 Å². The SMILES string of the molecule is [2H]C([2H])([2H])O[C@H](C[C@H](C(C)C)N(C(=O)[C@@H](CC(=O)C(C)(C)N(C)C)[C@@H](C)CC)C([2H])([2H])[2H])c1nc(C(=O)N[C@H](CCC)Cc2ccc(O)c(NC(=O)[C@H](C)CC(=O)[C@H](C)NC(=O)CCOCCNC(=O)CCCN3C(=O)CC(SC)C3=O)c2)cs1. The summed E-state index contributed by atoms with van der Waals surface area (Å²) in [5.74, 6) is -6.92. The number of ether oxygens (including phenoxy) is 2. The molecule has 2 aromatic rings. The Kier molecular flexibility index (Phi) is 24.3. The number of imide groups is 1. The first-order chi connectivity index (χ1) is 39.6. The zero-order valence-corrected chi connectivity index (χ0v) is 49.8. The van der Waals surface area contributed by atoms with Crippen LogP contribution in [0.1, 0.15) is 162 Å². The molecule has 0 bridgehead atoms. The number of phenols is 1. The van der Waals surface area contributed by atoms with Crippen LogP contribution < -0.4 is 21.3 Å². The van der Waals surface area contributed by atoms with Crippen LogP contribution in [0.5, 0.6) is 5.75 Å². The maximum absolute atomic E-state index is 14.7. The first-order valence-electron chi connectivity index (χ1n) is 30.2. The van der Waals surface area contributed by atoms with Gasteiger partial charge in [0.05, 0.1) is 39.8 Å². The van der Waals surface area contributed by atoms with Crippen molar-refractivity contribution in [3.8, 4) is 5.75 Å². The maximum Gasteiger partial charge on any atom is 0.270 e. The number of aromatic hydroxyl groups is 1. The maximum atomic E-state index is 14.7. The van der Waals surface area contributed by atoms with E-state index in [1.807, 2.05) is 13.8 Å². The van der Waals surface area contributed by atoms with Gasteiger partial charge in [0.2, 0.25) is 35.4 Å². The molecule has 1 aliphatic heterocycles. The number of nitrogens with zero attached hydrogens (tertiary/aromatic N) is 4. The molecular formula is C57H90N8O12S2. The highest BCUT2D eigenvalue weighted by Crippen LogP contribution is 2.33. The molecule has 1 saturated heterocycles. The van der Waals surface area contributed by atoms with Crippen LogP contribution >= 0.6 is 23.1 Å². The van der Waals surface area contributed by atoms with E-state index in [1.54, 1.807) is 72.0 Å². The van der Waals surface area contributed by atoms with E-state index in [0.29, 0.717) is 31.2 Å². The van der Waals surface area contributed by atoms with Gasteiger partial charge in [0, 0.05) is 99.0 Å². The van der Waals surface area contributed by atoms with Crippen molar-refractivity contribution in [3.05, 3.63) is 39.8 Å². The molecule has 0 spiro atoms. The largest absolute Gasteiger partial charge is 0.506 e. The lowest BCUT2D eigenvalue weighted by Crippen LogP contribution is -2.50. The predicted octanol–water partition coefficient (Wildman–Crippen LogP) is 6.34. The molecule has 7 amide bonds. The Morgan fingerprint density at radius 2 is 1.72 bits per heavy atom. The number of aromatic nitrogens is 1. The van der Waals surface area contributed by atoms with E-state index in [4.69, 9.17) is 17.7 Å². The minimum Gasteiger partial charge on any atom is -0.506 e. The quantitative estimate of drug-likeness (QED) is 0.0283. The number of likely N-dealkylation sites (N-methyl/N-ethyl adjacent to an activating group) is 1. The number of methoxy groups -OCH3 is 1. The monoisotopic (exact) mass is 1150 g/mol. The average molecular weight is 1150 g/mol. The van der Waals surface area contributed by atoms with E-state index in [1.165, 1.54) is 42.0 Å². The Balaban J connectivity index is 1.62. The van der Waals surface area contributed by atoms with Crippen LogP contribution in [0.4, 0.5) is 5.69 Å². The van der Waals surface area contributed by atoms with E-state index in [9.17, 15) is 48.3 Å². The number of hydrogen-bond donors (Lipinski definition) is 5. The summed E-state index contributed by atoms with van der Waals surface area (Å²) >= 11 is 2.26. The number of carbonyl (C=O) groups is 9. The smallest absolute Gasteiger partial charge is 0.270 e. The number of hydrogen-bond acceptors (Lipinski definition) is 16. The summed E-state index contributed by atoms with van der Waals surface area (Å²) in [7, 11) is 0.478. The zero-order chi connectivity index (χ0) is 64.3. The fourth-order valence-electron chi connectivity index (χ4n) is 8.73. The van der Waals surface area contributed by atoms with Crippen LogP contribution in [-0.4, -0.2) is 167 Å². The number of nitrogens with one attached hydrogen (secondary N) is 4. The fraction of sp³-hybridized carbons (Fsp3) is 0.684. The van der Waals surface area contributed by atoms with Crippen molar-refractivity contribution in [2.45, 2.75) is 168 Å². The summed E-state index contributed by atoms with van der Waals surface area (Å²) in [4.78, 5) is 126. The molecule has 0 radical (unpaired) electrons. The highest BCUT2D eigenvalue weighted by atomic mass is 32.2. The number of amides is 7. The van der Waals surface area contributed by atoms with Gasteiger partial charge < -0.3 is 40.7 Å². The summed E-state index contributed by atoms with van der Waals surface area (Å²) < 4.78 is 61.0. The van der Waals surface area contributed by atoms with E-state index in [-0.39, 0.29) is 122 Å². The van der Waals surface area contributed by atoms with Crippen LogP contribution in [0.25, 0.3) is 0 Å². The number of carbonyl (C=O) groups excluding carboxylic acids is 9. The molecule has 1 unspecified atom stereocenters. The van der Waals surface area contributed by atoms with Gasteiger partial charge in [-0.15, -0.1) is 11.3 Å². The third-order valence-corrected chi connectivity index (χ3v) is 16.6. The zero-order valence-electron chi connectivity index (χ0n) is 54.2. The van der Waals surface area contributed by atoms with Gasteiger partial charge in [0.15, 0.2) is 11.6 Å². The number of likely N-dealkylation sites (tertiary alicyclic amines) is 1. The van der Waals surface area contributed by atoms with Crippen molar-refractivity contribution in [1.82, 2.24) is 35.6 Å². The molecular weight excluding hydrogens is 1050 g/mol. The second kappa shape index (κ2) is 32.8. The highest BCUT2D eigenvalue weighted by Gasteiger charge is 2.40. The molecule has 1 aromatic carbocycles. The van der Waals surface area contributed by atoms with Crippen molar-refractivity contribution in [3.63, 3.8) is 0 Å². The molecule has 5 N–H and O–H groups in total. The van der Waals surface area contributed by atoms with Crippen LogP contribution in [0.15, 0.2) is 23.6 Å². The summed E-state index contributed by atoms with van der Waals surface area (Å²) in [6, 6.07) is 1.98. The molecule has 20 nitrogen and oxygen atoms in total. The number of benzene rings is 1. The Morgan fingerprint density at radius 1 is 1.00 bits per heavy atom. The minimum atomic E-state index is -3.01. The fourth-order valence-corrected chi connectivity index (χ4v) is 10.2. The average Bonchev–Trinajstić information content (AvgIpc) is 1.95. The van der Waals surface area contributed by atoms with E-state index >= 15 is 0 Å². The lowest BCUT2D eigenvalue weighted by molar-refractivity contribution is -0.144. The van der Waals surface area contributed by atoms with E-state index in [0.717, 1.165) is 16.2 Å². The van der Waals surface area contributed by atoms with Gasteiger partial charge >= 0.3 is 0 Å². The van der Waals surface area contributed by atoms with Crippen LogP contribution in [0.3, 0.4) is 0 Å². The third kappa shape index (κ3) is 20.6. The third-order valence-electron chi connectivity index (χ3n) is 14.7. The Hall–Kier alpha value is -5.29. The molecule has 8 atom stereocenters. The first-order valence-corrected chi connectivity index (χ1v) is 29.4. The lowest BCUT2D eigenvalue weighted by atomic mass is 9.81. The van der Waals surface area contributed by atoms with Crippen LogP contribution in [-0.2, 0) is 54.3 Å². The second-order valence-corrected chi connectivity index (χ2v) is 23.4. The van der Waals surface area contributed by atoms with Gasteiger partial charge in [-0.05, 0) is 89.9 Å². The molecule has 79 heavy (non-hydrogen) atoms. The number of thioether (sulfide) groups is 1. The second-order valence-electron chi connectivity index (χ2n) is 21.5. The number of Topliss-reactive ketones (excluding diaryl/α,β-unsaturated/α-hetero) is 2. The molecule has 1 fully saturated rings. The molecule has 0 aliphatic carbocycles. The Labute approximate surface area is 484 Å². The molecule has 2 heterocycles. The lowest BCUT2D eigenvalue weighted by Gasteiger charge is -2.38. The van der Waals surface area contributed by atoms with Crippen molar-refractivity contribution in [2.75, 3.05) is 66.0 Å². The molecule has 3 rings (SSSR count). The molecule has 1 aliphatic rings. The number of ketones is 2. The number of phenolic OH excluding ortho intramolecular Hbond substituents is 1. The number of rotatable bonds is 36. The van der Waals surface area contributed by atoms with E-state index < -0.39 is 96.9 Å². The van der Waals surface area contributed by atoms with E-state index in [2.05, 4.69) is 26.3 Å². The van der Waals surface area contributed by atoms with Crippen LogP contribution in [0.2, 0.25) is 0 Å². The van der Waals surface area contributed by atoms with Gasteiger partial charge in [-0.1, -0.05) is 60.5 Å². The normalized spacial score (nSPS) is 17.9. The summed E-state index contributed by atoms with van der Waals surface area (Å²) in [5.41, 5.74) is -0.354. The van der Waals surface area contributed by atoms with Gasteiger partial charge in [0.25, 0.3) is 5.91 Å². The molecule has 0 saturated carbocycles. The molecule has 1 aromatic heterocycles. The van der Waals surface area contributed by atoms with Crippen LogP contribution in [0, 0.1) is 23.7 Å². The first kappa shape index (κ1) is 58.4. The molecule has 22 heteroatoms. The Bertz CT molecular complexity index is 2620. The van der Waals surface area contributed by atoms with Crippen molar-refractivity contribution < 1.29 is 66.0 Å². The van der Waals surface area contributed by atoms with Gasteiger partial charge in [-0.3, -0.25) is 53.0 Å². The van der Waals surface area contributed by atoms with Crippen molar-refractivity contribution in [1.29, 1.82) is 0 Å². The van der Waals surface area contributed by atoms with Crippen molar-refractivity contribution in [2.24, 2.45) is 23.7 Å². The number of anilines is 1. The predicted molar refractivity (Wildman–Crippen MR) is 308 cm³/mol. The molecule has 442 valence electrons. The van der Waals surface area contributed by atoms with Crippen molar-refractivity contribution >= 4 is 81.7 Å². The summed E-state index contributed by atoms with van der Waals surface area (Å²) in [6.45, 7) is 12.9. The summed E-state index contributed by atoms with van der Waals surface area (Å²) in [6.07, 6.45) is 1.95. The number of thiazole rings is 1. The minimum absolute atomic E-state index is 0.0106. The van der Waals surface area contributed by atoms with Gasteiger partial charge in [-0.25, -0.2) is 4.98 Å². The van der Waals surface area contributed by atoms with Gasteiger partial charge in [-0.2, -0.15) is 11.8 Å².